The van der Waals surface area contributed by atoms with Crippen LogP contribution in [0.3, 0.4) is 0 Å². The smallest absolute Gasteiger partial charge is 0.250 e. The zero-order chi connectivity index (χ0) is 14.0. The Balaban J connectivity index is 2.75. The number of alkyl halides is 3. The van der Waals surface area contributed by atoms with Crippen LogP contribution in [-0.4, -0.2) is 53.7 Å². The van der Waals surface area contributed by atoms with Gasteiger partial charge in [0.05, 0.1) is 34.2 Å². The fourth-order valence-corrected chi connectivity index (χ4v) is 1.44. The molecule has 0 aliphatic heterocycles. The van der Waals surface area contributed by atoms with E-state index in [4.69, 9.17) is 34.8 Å². The molecule has 0 radical (unpaired) electrons. The van der Waals surface area contributed by atoms with E-state index >= 15 is 0 Å². The molecule has 18 heavy (non-hydrogen) atoms. The van der Waals surface area contributed by atoms with Crippen LogP contribution >= 0.6 is 34.8 Å². The molecule has 0 fully saturated rings. The van der Waals surface area contributed by atoms with Gasteiger partial charge in [-0.3, -0.25) is 0 Å². The first-order valence-electron chi connectivity index (χ1n) is 5.42. The van der Waals surface area contributed by atoms with E-state index in [1.807, 2.05) is 0 Å². The van der Waals surface area contributed by atoms with Gasteiger partial charge in [-0.05, 0) is 6.92 Å². The van der Waals surface area contributed by atoms with Crippen molar-refractivity contribution in [3.8, 4) is 0 Å². The van der Waals surface area contributed by atoms with Crippen molar-refractivity contribution < 1.29 is 4.48 Å². The maximum Gasteiger partial charge on any atom is 0.250 e. The van der Waals surface area contributed by atoms with Crippen LogP contribution in [0.25, 0.3) is 0 Å². The van der Waals surface area contributed by atoms with E-state index in [-0.39, 0.29) is 5.82 Å². The molecule has 0 unspecified atom stereocenters. The highest BCUT2D eigenvalue weighted by Crippen LogP contribution is 2.35. The van der Waals surface area contributed by atoms with E-state index in [2.05, 4.69) is 41.4 Å². The number of anilines is 1. The van der Waals surface area contributed by atoms with E-state index in [0.717, 1.165) is 17.6 Å². The van der Waals surface area contributed by atoms with Gasteiger partial charge < -0.3 is 9.80 Å². The van der Waals surface area contributed by atoms with Crippen LogP contribution in [0.2, 0.25) is 0 Å². The molecular formula is C10H17Cl3N5+. The van der Waals surface area contributed by atoms with Gasteiger partial charge in [0.2, 0.25) is 9.74 Å². The molecule has 5 nitrogen and oxygen atoms in total. The normalized spacial score (nSPS) is 12.6. The summed E-state index contributed by atoms with van der Waals surface area (Å²) in [6.07, 6.45) is 0. The van der Waals surface area contributed by atoms with E-state index in [1.54, 1.807) is 6.92 Å². The molecule has 0 spiro atoms. The van der Waals surface area contributed by atoms with Crippen molar-refractivity contribution in [1.82, 2.24) is 15.0 Å². The first-order valence-corrected chi connectivity index (χ1v) is 6.55. The summed E-state index contributed by atoms with van der Waals surface area (Å²) in [6.45, 7) is 3.38. The summed E-state index contributed by atoms with van der Waals surface area (Å²) in [5.41, 5.74) is 0. The summed E-state index contributed by atoms with van der Waals surface area (Å²) >= 11 is 17.3. The van der Waals surface area contributed by atoms with Gasteiger partial charge in [0.15, 0.2) is 5.82 Å². The third kappa shape index (κ3) is 5.52. The second-order valence-corrected chi connectivity index (χ2v) is 7.25. The molecule has 0 aliphatic rings. The second kappa shape index (κ2) is 5.74. The molecule has 0 saturated heterocycles. The van der Waals surface area contributed by atoms with Crippen molar-refractivity contribution in [1.29, 1.82) is 0 Å². The number of likely N-dealkylation sites (N-methyl/N-ethyl adjacent to an activating group) is 1. The average molecular weight is 314 g/mol. The van der Waals surface area contributed by atoms with Crippen LogP contribution in [0.15, 0.2) is 0 Å². The number of quaternary nitrogens is 1. The fourth-order valence-electron chi connectivity index (χ4n) is 1.19. The molecule has 1 aromatic rings. The van der Waals surface area contributed by atoms with Gasteiger partial charge in [0.1, 0.15) is 5.82 Å². The van der Waals surface area contributed by atoms with E-state index in [9.17, 15) is 0 Å². The maximum atomic E-state index is 5.76. The lowest BCUT2D eigenvalue weighted by Gasteiger charge is -2.23. The van der Waals surface area contributed by atoms with Crippen molar-refractivity contribution in [3.63, 3.8) is 0 Å². The Morgan fingerprint density at radius 2 is 1.72 bits per heavy atom. The summed E-state index contributed by atoms with van der Waals surface area (Å²) in [6, 6.07) is 0. The summed E-state index contributed by atoms with van der Waals surface area (Å²) in [4.78, 5) is 12.2. The predicted molar refractivity (Wildman–Crippen MR) is 75.2 cm³/mol. The van der Waals surface area contributed by atoms with Crippen LogP contribution in [0, 0.1) is 6.92 Å². The fraction of sp³-hybridized carbons (Fsp3) is 0.700. The summed E-state index contributed by atoms with van der Waals surface area (Å²) in [7, 11) is 6.31. The monoisotopic (exact) mass is 312 g/mol. The first-order chi connectivity index (χ1) is 8.08. The Morgan fingerprint density at radius 3 is 2.22 bits per heavy atom. The summed E-state index contributed by atoms with van der Waals surface area (Å²) in [5.74, 6) is 1.07. The van der Waals surface area contributed by atoms with Gasteiger partial charge in [0.25, 0.3) is 0 Å². The third-order valence-electron chi connectivity index (χ3n) is 2.07. The topological polar surface area (TPSA) is 50.7 Å². The quantitative estimate of drug-likeness (QED) is 0.683. The third-order valence-corrected chi connectivity index (χ3v) is 2.57. The van der Waals surface area contributed by atoms with Crippen molar-refractivity contribution in [2.45, 2.75) is 10.7 Å². The molecule has 8 heteroatoms. The Bertz CT molecular complexity index is 411. The lowest BCUT2D eigenvalue weighted by atomic mass is 10.5. The number of hydrogen-bond donors (Lipinski definition) is 1. The number of nitrogens with zero attached hydrogens (tertiary/aromatic N) is 4. The molecule has 1 N–H and O–H groups in total. The second-order valence-electron chi connectivity index (χ2n) is 4.97. The van der Waals surface area contributed by atoms with Crippen molar-refractivity contribution in [3.05, 3.63) is 11.6 Å². The highest BCUT2D eigenvalue weighted by molar-refractivity contribution is 6.66. The Hall–Kier alpha value is -0.360. The van der Waals surface area contributed by atoms with Gasteiger partial charge in [-0.2, -0.15) is 9.97 Å². The standard InChI is InChI=1S/C10H17Cl3N5/c1-7-15-8(10(11,12)13)17-9(16-7)14-5-6-18(2,3)4/h5-6H2,1-4H3,(H,14,15,16,17)/q+1. The zero-order valence-electron chi connectivity index (χ0n) is 10.8. The molecule has 0 atom stereocenters. The van der Waals surface area contributed by atoms with Crippen LogP contribution in [-0.2, 0) is 3.79 Å². The van der Waals surface area contributed by atoms with Crippen molar-refractivity contribution in [2.75, 3.05) is 39.5 Å². The minimum atomic E-state index is -1.63. The van der Waals surface area contributed by atoms with Gasteiger partial charge in [0, 0.05) is 0 Å². The number of nitrogens with one attached hydrogen (secondary N) is 1. The molecule has 1 heterocycles. The summed E-state index contributed by atoms with van der Waals surface area (Å²) in [5, 5.41) is 3.10. The lowest BCUT2D eigenvalue weighted by Crippen LogP contribution is -2.38. The SMILES string of the molecule is Cc1nc(NCC[N+](C)(C)C)nc(C(Cl)(Cl)Cl)n1. The molecule has 0 saturated carbocycles. The van der Waals surface area contributed by atoms with Gasteiger partial charge in [-0.1, -0.05) is 34.8 Å². The Morgan fingerprint density at radius 1 is 1.11 bits per heavy atom. The number of aryl methyl sites for hydroxylation is 1. The van der Waals surface area contributed by atoms with Crippen LogP contribution < -0.4 is 5.32 Å². The van der Waals surface area contributed by atoms with Crippen molar-refractivity contribution >= 4 is 40.8 Å². The molecule has 0 bridgehead atoms. The van der Waals surface area contributed by atoms with E-state index in [1.165, 1.54) is 0 Å². The Labute approximate surface area is 122 Å². The average Bonchev–Trinajstić information content (AvgIpc) is 2.13. The molecule has 1 aromatic heterocycles. The molecule has 0 amide bonds. The van der Waals surface area contributed by atoms with Gasteiger partial charge in [-0.25, -0.2) is 4.98 Å². The number of hydrogen-bond acceptors (Lipinski definition) is 4. The molecule has 0 aliphatic carbocycles. The first kappa shape index (κ1) is 15.7. The predicted octanol–water partition coefficient (Wildman–Crippen LogP) is 2.12. The maximum absolute atomic E-state index is 5.76. The highest BCUT2D eigenvalue weighted by atomic mass is 35.6. The Kier molecular flexibility index (Phi) is 5.00. The largest absolute Gasteiger partial charge is 0.348 e. The number of aromatic nitrogens is 3. The number of halogens is 3. The van der Waals surface area contributed by atoms with Gasteiger partial charge in [-0.15, -0.1) is 0 Å². The summed E-state index contributed by atoms with van der Waals surface area (Å²) < 4.78 is -0.793. The number of rotatable bonds is 4. The van der Waals surface area contributed by atoms with Crippen molar-refractivity contribution in [2.24, 2.45) is 0 Å². The molecular weight excluding hydrogens is 297 g/mol. The van der Waals surface area contributed by atoms with Gasteiger partial charge >= 0.3 is 0 Å². The van der Waals surface area contributed by atoms with Crippen LogP contribution in [0.4, 0.5) is 5.95 Å². The minimum Gasteiger partial charge on any atom is -0.348 e. The molecule has 102 valence electrons. The van der Waals surface area contributed by atoms with E-state index in [0.29, 0.717) is 11.8 Å². The molecule has 1 rings (SSSR count). The molecule has 0 aromatic carbocycles. The minimum absolute atomic E-state index is 0.132. The van der Waals surface area contributed by atoms with Crippen LogP contribution in [0.5, 0.6) is 0 Å². The van der Waals surface area contributed by atoms with E-state index < -0.39 is 3.79 Å². The lowest BCUT2D eigenvalue weighted by molar-refractivity contribution is -0.868. The zero-order valence-corrected chi connectivity index (χ0v) is 13.1. The van der Waals surface area contributed by atoms with Crippen LogP contribution in [0.1, 0.15) is 11.6 Å². The highest BCUT2D eigenvalue weighted by Gasteiger charge is 2.27.